The Morgan fingerprint density at radius 2 is 2.12 bits per heavy atom. The fourth-order valence-corrected chi connectivity index (χ4v) is 1.91. The standard InChI is InChI=1S/C11H14F2N2.ClH/c12-9-1-2-11(13)8(5-9)6-15-4-3-10(14)7-15;/h1-2,5,10H,3-4,6-7,14H2;1H/t10-;/m1./s1. The number of hydrogen-bond acceptors (Lipinski definition) is 2. The average molecular weight is 249 g/mol. The van der Waals surface area contributed by atoms with Crippen LogP contribution in [0.5, 0.6) is 0 Å². The highest BCUT2D eigenvalue weighted by Crippen LogP contribution is 2.15. The van der Waals surface area contributed by atoms with Gasteiger partial charge in [0, 0.05) is 31.2 Å². The molecule has 1 aromatic carbocycles. The number of benzene rings is 1. The van der Waals surface area contributed by atoms with E-state index in [1.165, 1.54) is 12.1 Å². The molecule has 1 aromatic rings. The number of halogens is 3. The third-order valence-corrected chi connectivity index (χ3v) is 2.71. The molecule has 1 aliphatic rings. The summed E-state index contributed by atoms with van der Waals surface area (Å²) < 4.78 is 26.2. The second-order valence-corrected chi connectivity index (χ2v) is 4.02. The van der Waals surface area contributed by atoms with Gasteiger partial charge in [0.05, 0.1) is 0 Å². The minimum atomic E-state index is -0.394. The van der Waals surface area contributed by atoms with Gasteiger partial charge in [-0.1, -0.05) is 0 Å². The summed E-state index contributed by atoms with van der Waals surface area (Å²) in [5.74, 6) is -0.744. The van der Waals surface area contributed by atoms with Crippen LogP contribution >= 0.6 is 12.4 Å². The number of likely N-dealkylation sites (tertiary alicyclic amines) is 1. The van der Waals surface area contributed by atoms with Crippen molar-refractivity contribution in [1.82, 2.24) is 4.90 Å². The Labute approximate surface area is 99.8 Å². The molecule has 16 heavy (non-hydrogen) atoms. The third kappa shape index (κ3) is 3.14. The molecule has 1 heterocycles. The number of rotatable bonds is 2. The van der Waals surface area contributed by atoms with E-state index in [4.69, 9.17) is 5.73 Å². The predicted molar refractivity (Wildman–Crippen MR) is 61.5 cm³/mol. The Hall–Kier alpha value is -0.710. The molecule has 1 fully saturated rings. The van der Waals surface area contributed by atoms with Gasteiger partial charge in [0.2, 0.25) is 0 Å². The summed E-state index contributed by atoms with van der Waals surface area (Å²) in [5, 5.41) is 0. The molecule has 0 spiro atoms. The largest absolute Gasteiger partial charge is 0.326 e. The van der Waals surface area contributed by atoms with Crippen molar-refractivity contribution in [2.45, 2.75) is 19.0 Å². The molecule has 0 bridgehead atoms. The van der Waals surface area contributed by atoms with Gasteiger partial charge < -0.3 is 5.73 Å². The second-order valence-electron chi connectivity index (χ2n) is 4.02. The van der Waals surface area contributed by atoms with Crippen LogP contribution in [0.1, 0.15) is 12.0 Å². The monoisotopic (exact) mass is 248 g/mol. The van der Waals surface area contributed by atoms with Gasteiger partial charge in [0.1, 0.15) is 11.6 Å². The molecule has 1 atom stereocenters. The van der Waals surface area contributed by atoms with Crippen molar-refractivity contribution in [3.05, 3.63) is 35.4 Å². The van der Waals surface area contributed by atoms with Crippen LogP contribution in [0.25, 0.3) is 0 Å². The molecule has 0 radical (unpaired) electrons. The summed E-state index contributed by atoms with van der Waals surface area (Å²) in [7, 11) is 0. The van der Waals surface area contributed by atoms with Crippen LogP contribution in [-0.2, 0) is 6.54 Å². The Morgan fingerprint density at radius 3 is 2.75 bits per heavy atom. The molecular formula is C11H15ClF2N2. The van der Waals surface area contributed by atoms with E-state index in [1.54, 1.807) is 0 Å². The van der Waals surface area contributed by atoms with Crippen LogP contribution in [0.15, 0.2) is 18.2 Å². The van der Waals surface area contributed by atoms with E-state index in [0.29, 0.717) is 12.1 Å². The van der Waals surface area contributed by atoms with Crippen LogP contribution in [0.2, 0.25) is 0 Å². The van der Waals surface area contributed by atoms with E-state index in [-0.39, 0.29) is 24.3 Å². The first-order valence-corrected chi connectivity index (χ1v) is 5.07. The van der Waals surface area contributed by atoms with Gasteiger partial charge in [-0.25, -0.2) is 8.78 Å². The number of nitrogens with zero attached hydrogens (tertiary/aromatic N) is 1. The molecule has 1 saturated heterocycles. The molecule has 5 heteroatoms. The molecule has 0 saturated carbocycles. The number of hydrogen-bond donors (Lipinski definition) is 1. The zero-order chi connectivity index (χ0) is 10.8. The smallest absolute Gasteiger partial charge is 0.127 e. The van der Waals surface area contributed by atoms with E-state index in [0.717, 1.165) is 25.6 Å². The van der Waals surface area contributed by atoms with Crippen molar-refractivity contribution in [3.63, 3.8) is 0 Å². The maximum Gasteiger partial charge on any atom is 0.127 e. The zero-order valence-electron chi connectivity index (χ0n) is 8.83. The molecule has 0 unspecified atom stereocenters. The van der Waals surface area contributed by atoms with Crippen molar-refractivity contribution in [2.75, 3.05) is 13.1 Å². The first kappa shape index (κ1) is 13.4. The van der Waals surface area contributed by atoms with Crippen molar-refractivity contribution in [3.8, 4) is 0 Å². The molecule has 0 aromatic heterocycles. The summed E-state index contributed by atoms with van der Waals surface area (Å²) in [6.07, 6.45) is 0.928. The van der Waals surface area contributed by atoms with Gasteiger partial charge in [-0.05, 0) is 24.6 Å². The van der Waals surface area contributed by atoms with Crippen LogP contribution in [0.4, 0.5) is 8.78 Å². The molecular weight excluding hydrogens is 234 g/mol. The van der Waals surface area contributed by atoms with Gasteiger partial charge in [-0.2, -0.15) is 0 Å². The maximum atomic E-state index is 13.3. The van der Waals surface area contributed by atoms with E-state index in [9.17, 15) is 8.78 Å². The van der Waals surface area contributed by atoms with Gasteiger partial charge in [-0.3, -0.25) is 4.90 Å². The Kier molecular flexibility index (Phi) is 4.65. The molecule has 1 aliphatic heterocycles. The Morgan fingerprint density at radius 1 is 1.38 bits per heavy atom. The lowest BCUT2D eigenvalue weighted by Crippen LogP contribution is -2.26. The van der Waals surface area contributed by atoms with Crippen molar-refractivity contribution in [2.24, 2.45) is 5.73 Å². The van der Waals surface area contributed by atoms with Gasteiger partial charge in [0.15, 0.2) is 0 Å². The predicted octanol–water partition coefficient (Wildman–Crippen LogP) is 1.92. The molecule has 0 amide bonds. The Balaban J connectivity index is 0.00000128. The van der Waals surface area contributed by atoms with Crippen molar-refractivity contribution >= 4 is 12.4 Å². The van der Waals surface area contributed by atoms with E-state index in [1.807, 2.05) is 4.90 Å². The van der Waals surface area contributed by atoms with Crippen molar-refractivity contribution < 1.29 is 8.78 Å². The first-order chi connectivity index (χ1) is 7.15. The third-order valence-electron chi connectivity index (χ3n) is 2.71. The molecule has 2 rings (SSSR count). The highest BCUT2D eigenvalue weighted by Gasteiger charge is 2.20. The highest BCUT2D eigenvalue weighted by atomic mass is 35.5. The normalized spacial score (nSPS) is 20.8. The quantitative estimate of drug-likeness (QED) is 0.867. The lowest BCUT2D eigenvalue weighted by molar-refractivity contribution is 0.320. The summed E-state index contributed by atoms with van der Waals surface area (Å²) >= 11 is 0. The summed E-state index contributed by atoms with van der Waals surface area (Å²) in [5.41, 5.74) is 6.14. The van der Waals surface area contributed by atoms with Crippen LogP contribution in [0.3, 0.4) is 0 Å². The summed E-state index contributed by atoms with van der Waals surface area (Å²) in [4.78, 5) is 2.04. The van der Waals surface area contributed by atoms with E-state index in [2.05, 4.69) is 0 Å². The Bertz CT molecular complexity index is 360. The van der Waals surface area contributed by atoms with Crippen LogP contribution in [0, 0.1) is 11.6 Å². The first-order valence-electron chi connectivity index (χ1n) is 5.07. The fraction of sp³-hybridized carbons (Fsp3) is 0.455. The maximum absolute atomic E-state index is 13.3. The van der Waals surface area contributed by atoms with Gasteiger partial charge in [-0.15, -0.1) is 12.4 Å². The van der Waals surface area contributed by atoms with Crippen LogP contribution in [-0.4, -0.2) is 24.0 Å². The molecule has 90 valence electrons. The summed E-state index contributed by atoms with van der Waals surface area (Å²) in [6, 6.07) is 3.72. The highest BCUT2D eigenvalue weighted by molar-refractivity contribution is 5.85. The topological polar surface area (TPSA) is 29.3 Å². The van der Waals surface area contributed by atoms with Gasteiger partial charge >= 0.3 is 0 Å². The van der Waals surface area contributed by atoms with Gasteiger partial charge in [0.25, 0.3) is 0 Å². The minimum absolute atomic E-state index is 0. The lowest BCUT2D eigenvalue weighted by atomic mass is 10.2. The zero-order valence-corrected chi connectivity index (χ0v) is 9.64. The minimum Gasteiger partial charge on any atom is -0.326 e. The van der Waals surface area contributed by atoms with Crippen molar-refractivity contribution in [1.29, 1.82) is 0 Å². The van der Waals surface area contributed by atoms with Crippen LogP contribution < -0.4 is 5.73 Å². The lowest BCUT2D eigenvalue weighted by Gasteiger charge is -2.15. The fourth-order valence-electron chi connectivity index (χ4n) is 1.91. The number of nitrogens with two attached hydrogens (primary N) is 1. The summed E-state index contributed by atoms with van der Waals surface area (Å²) in [6.45, 7) is 2.06. The second kappa shape index (κ2) is 5.57. The van der Waals surface area contributed by atoms with E-state index < -0.39 is 5.82 Å². The SMILES string of the molecule is Cl.N[C@@H]1CCN(Cc2cc(F)ccc2F)C1. The van der Waals surface area contributed by atoms with E-state index >= 15 is 0 Å². The molecule has 0 aliphatic carbocycles. The average Bonchev–Trinajstić information content (AvgIpc) is 2.58. The molecule has 2 N–H and O–H groups in total. The molecule has 2 nitrogen and oxygen atoms in total.